The van der Waals surface area contributed by atoms with Crippen molar-refractivity contribution in [3.05, 3.63) is 18.2 Å². The molecule has 0 aromatic heterocycles. The Morgan fingerprint density at radius 2 is 1.94 bits per heavy atom. The van der Waals surface area contributed by atoms with Gasteiger partial charge in [-0.3, -0.25) is 4.79 Å². The summed E-state index contributed by atoms with van der Waals surface area (Å²) in [6.07, 6.45) is 3.22. The molecule has 0 saturated heterocycles. The lowest BCUT2D eigenvalue weighted by molar-refractivity contribution is -0.124. The van der Waals surface area contributed by atoms with Gasteiger partial charge >= 0.3 is 0 Å². The number of hydrogen-bond donors (Lipinski definition) is 0. The zero-order valence-electron chi connectivity index (χ0n) is 10.5. The second-order valence-electron chi connectivity index (χ2n) is 4.85. The number of carbonyl (C=O) groups excluding carboxylic acids is 1. The topological polar surface area (TPSA) is 38.8 Å². The molecule has 2 aliphatic rings. The monoisotopic (exact) mass is 247 g/mol. The first-order valence-electron chi connectivity index (χ1n) is 6.43. The van der Waals surface area contributed by atoms with Gasteiger partial charge in [0.05, 0.1) is 0 Å². The molecule has 4 nitrogen and oxygen atoms in total. The Labute approximate surface area is 106 Å². The van der Waals surface area contributed by atoms with E-state index in [1.54, 1.807) is 4.90 Å². The van der Waals surface area contributed by atoms with Crippen molar-refractivity contribution in [2.24, 2.45) is 5.92 Å². The summed E-state index contributed by atoms with van der Waals surface area (Å²) >= 11 is 0. The first kappa shape index (κ1) is 11.4. The van der Waals surface area contributed by atoms with E-state index in [4.69, 9.17) is 9.47 Å². The Morgan fingerprint density at radius 3 is 2.61 bits per heavy atom. The average Bonchev–Trinajstić information content (AvgIpc) is 2.35. The number of hydrogen-bond acceptors (Lipinski definition) is 3. The van der Waals surface area contributed by atoms with Crippen molar-refractivity contribution >= 4 is 11.6 Å². The van der Waals surface area contributed by atoms with Crippen LogP contribution in [0.5, 0.6) is 11.5 Å². The van der Waals surface area contributed by atoms with Crippen LogP contribution in [-0.4, -0.2) is 26.2 Å². The molecule has 1 aromatic carbocycles. The summed E-state index contributed by atoms with van der Waals surface area (Å²) in [7, 11) is 1.83. The van der Waals surface area contributed by atoms with Gasteiger partial charge in [0.1, 0.15) is 13.2 Å². The minimum absolute atomic E-state index is 0.206. The Bertz CT molecular complexity index is 468. The molecule has 1 aliphatic carbocycles. The molecule has 0 atom stereocenters. The van der Waals surface area contributed by atoms with E-state index < -0.39 is 0 Å². The maximum Gasteiger partial charge on any atom is 0.229 e. The van der Waals surface area contributed by atoms with E-state index in [9.17, 15) is 4.79 Å². The third-order valence-electron chi connectivity index (χ3n) is 3.70. The van der Waals surface area contributed by atoms with E-state index in [1.807, 2.05) is 25.2 Å². The van der Waals surface area contributed by atoms with Gasteiger partial charge < -0.3 is 14.4 Å². The summed E-state index contributed by atoms with van der Waals surface area (Å²) in [4.78, 5) is 13.9. The number of amides is 1. The molecular formula is C14H17NO3. The number of fused-ring (bicyclic) bond motifs is 1. The molecule has 1 amide bonds. The number of anilines is 1. The largest absolute Gasteiger partial charge is 0.486 e. The number of carbonyl (C=O) groups is 1. The van der Waals surface area contributed by atoms with Gasteiger partial charge in [0.2, 0.25) is 5.91 Å². The first-order chi connectivity index (χ1) is 8.75. The minimum Gasteiger partial charge on any atom is -0.486 e. The summed E-state index contributed by atoms with van der Waals surface area (Å²) in [6.45, 7) is 1.15. The molecule has 1 fully saturated rings. The van der Waals surface area contributed by atoms with Crippen LogP contribution in [0.1, 0.15) is 19.3 Å². The van der Waals surface area contributed by atoms with Crippen molar-refractivity contribution in [2.45, 2.75) is 19.3 Å². The quantitative estimate of drug-likeness (QED) is 0.804. The van der Waals surface area contributed by atoms with Crippen LogP contribution in [0.15, 0.2) is 18.2 Å². The SMILES string of the molecule is CN(C(=O)C1CCC1)c1ccc2c(c1)OCCO2. The van der Waals surface area contributed by atoms with Crippen molar-refractivity contribution in [3.63, 3.8) is 0 Å². The molecule has 0 spiro atoms. The molecule has 0 unspecified atom stereocenters. The van der Waals surface area contributed by atoms with E-state index in [0.717, 1.165) is 30.0 Å². The number of ether oxygens (including phenoxy) is 2. The van der Waals surface area contributed by atoms with E-state index in [0.29, 0.717) is 13.2 Å². The summed E-state index contributed by atoms with van der Waals surface area (Å²) in [5.41, 5.74) is 0.871. The Morgan fingerprint density at radius 1 is 1.22 bits per heavy atom. The van der Waals surface area contributed by atoms with Crippen LogP contribution >= 0.6 is 0 Å². The molecule has 18 heavy (non-hydrogen) atoms. The molecule has 4 heteroatoms. The molecule has 1 saturated carbocycles. The molecule has 0 N–H and O–H groups in total. The van der Waals surface area contributed by atoms with Crippen molar-refractivity contribution in [1.29, 1.82) is 0 Å². The van der Waals surface area contributed by atoms with Gasteiger partial charge in [0.25, 0.3) is 0 Å². The third kappa shape index (κ3) is 1.92. The lowest BCUT2D eigenvalue weighted by Crippen LogP contribution is -2.36. The lowest BCUT2D eigenvalue weighted by atomic mass is 9.84. The second-order valence-corrected chi connectivity index (χ2v) is 4.85. The van der Waals surface area contributed by atoms with Crippen LogP contribution < -0.4 is 14.4 Å². The molecule has 1 aromatic rings. The van der Waals surface area contributed by atoms with E-state index in [1.165, 1.54) is 6.42 Å². The van der Waals surface area contributed by atoms with Crippen LogP contribution in [0, 0.1) is 5.92 Å². The smallest absolute Gasteiger partial charge is 0.229 e. The molecule has 0 bridgehead atoms. The average molecular weight is 247 g/mol. The fourth-order valence-electron chi connectivity index (χ4n) is 2.30. The van der Waals surface area contributed by atoms with Crippen LogP contribution in [-0.2, 0) is 4.79 Å². The Hall–Kier alpha value is -1.71. The highest BCUT2D eigenvalue weighted by Crippen LogP contribution is 2.35. The highest BCUT2D eigenvalue weighted by molar-refractivity contribution is 5.95. The summed E-state index contributed by atoms with van der Waals surface area (Å²) in [6, 6.07) is 5.66. The number of benzene rings is 1. The number of nitrogens with zero attached hydrogens (tertiary/aromatic N) is 1. The second kappa shape index (κ2) is 4.52. The predicted octanol–water partition coefficient (Wildman–Crippen LogP) is 2.22. The Balaban J connectivity index is 1.80. The standard InChI is InChI=1S/C14H17NO3/c1-15(14(16)10-3-2-4-10)11-5-6-12-13(9-11)18-8-7-17-12/h5-6,9-10H,2-4,7-8H2,1H3. The zero-order chi connectivity index (χ0) is 12.5. The van der Waals surface area contributed by atoms with Crippen molar-refractivity contribution in [3.8, 4) is 11.5 Å². The minimum atomic E-state index is 0.206. The van der Waals surface area contributed by atoms with Crippen LogP contribution in [0.4, 0.5) is 5.69 Å². The normalized spacial score (nSPS) is 18.1. The maximum atomic E-state index is 12.1. The maximum absolute atomic E-state index is 12.1. The van der Waals surface area contributed by atoms with Gasteiger partial charge in [0.15, 0.2) is 11.5 Å². The molecule has 1 aliphatic heterocycles. The van der Waals surface area contributed by atoms with E-state index in [-0.39, 0.29) is 11.8 Å². The first-order valence-corrected chi connectivity index (χ1v) is 6.43. The van der Waals surface area contributed by atoms with E-state index in [2.05, 4.69) is 0 Å². The summed E-state index contributed by atoms with van der Waals surface area (Å²) < 4.78 is 11.0. The van der Waals surface area contributed by atoms with Gasteiger partial charge in [-0.15, -0.1) is 0 Å². The van der Waals surface area contributed by atoms with E-state index >= 15 is 0 Å². The van der Waals surface area contributed by atoms with Gasteiger partial charge in [-0.1, -0.05) is 6.42 Å². The highest BCUT2D eigenvalue weighted by Gasteiger charge is 2.28. The molecule has 0 radical (unpaired) electrons. The number of rotatable bonds is 2. The van der Waals surface area contributed by atoms with Gasteiger partial charge in [-0.05, 0) is 25.0 Å². The van der Waals surface area contributed by atoms with Crippen LogP contribution in [0.25, 0.3) is 0 Å². The molecule has 1 heterocycles. The summed E-state index contributed by atoms with van der Waals surface area (Å²) in [5.74, 6) is 1.91. The highest BCUT2D eigenvalue weighted by atomic mass is 16.6. The van der Waals surface area contributed by atoms with Crippen LogP contribution in [0.2, 0.25) is 0 Å². The van der Waals surface area contributed by atoms with Crippen molar-refractivity contribution < 1.29 is 14.3 Å². The van der Waals surface area contributed by atoms with Crippen LogP contribution in [0.3, 0.4) is 0 Å². The zero-order valence-corrected chi connectivity index (χ0v) is 10.5. The molecule has 3 rings (SSSR count). The Kier molecular flexibility index (Phi) is 2.86. The van der Waals surface area contributed by atoms with Gasteiger partial charge in [-0.2, -0.15) is 0 Å². The van der Waals surface area contributed by atoms with Gasteiger partial charge in [-0.25, -0.2) is 0 Å². The fourth-order valence-corrected chi connectivity index (χ4v) is 2.30. The van der Waals surface area contributed by atoms with Gasteiger partial charge in [0, 0.05) is 24.7 Å². The summed E-state index contributed by atoms with van der Waals surface area (Å²) in [5, 5.41) is 0. The molecular weight excluding hydrogens is 230 g/mol. The lowest BCUT2D eigenvalue weighted by Gasteiger charge is -2.30. The predicted molar refractivity (Wildman–Crippen MR) is 68.2 cm³/mol. The van der Waals surface area contributed by atoms with Crippen molar-refractivity contribution in [1.82, 2.24) is 0 Å². The third-order valence-corrected chi connectivity index (χ3v) is 3.70. The van der Waals surface area contributed by atoms with Crippen molar-refractivity contribution in [2.75, 3.05) is 25.2 Å². The molecule has 96 valence electrons. The fraction of sp³-hybridized carbons (Fsp3) is 0.500.